The van der Waals surface area contributed by atoms with Crippen LogP contribution in [-0.2, 0) is 0 Å². The first-order valence-corrected chi connectivity index (χ1v) is 6.52. The number of ether oxygens (including phenoxy) is 1. The molecule has 0 saturated carbocycles. The van der Waals surface area contributed by atoms with E-state index in [2.05, 4.69) is 10.6 Å². The SMILES string of the molecule is CNC(=O)c1cccc(C(=O)Nc2ccc(F)c(OC)c2)c1. The van der Waals surface area contributed by atoms with Crippen molar-refractivity contribution in [2.45, 2.75) is 0 Å². The Morgan fingerprint density at radius 3 is 2.36 bits per heavy atom. The molecule has 0 radical (unpaired) electrons. The second-order valence-corrected chi connectivity index (χ2v) is 4.46. The second kappa shape index (κ2) is 6.71. The largest absolute Gasteiger partial charge is 0.494 e. The number of methoxy groups -OCH3 is 1. The second-order valence-electron chi connectivity index (χ2n) is 4.46. The Bertz CT molecular complexity index is 716. The minimum absolute atomic E-state index is 0.0388. The molecule has 0 spiro atoms. The third kappa shape index (κ3) is 3.41. The number of benzene rings is 2. The van der Waals surface area contributed by atoms with Crippen LogP contribution in [0, 0.1) is 5.82 Å². The Kier molecular flexibility index (Phi) is 4.73. The van der Waals surface area contributed by atoms with Crippen LogP contribution >= 0.6 is 0 Å². The zero-order valence-electron chi connectivity index (χ0n) is 12.1. The number of carbonyl (C=O) groups is 2. The van der Waals surface area contributed by atoms with E-state index in [4.69, 9.17) is 4.74 Å². The minimum atomic E-state index is -0.512. The number of amides is 2. The van der Waals surface area contributed by atoms with Crippen molar-refractivity contribution >= 4 is 17.5 Å². The molecular formula is C16H15FN2O3. The molecule has 0 bridgehead atoms. The Labute approximate surface area is 127 Å². The molecule has 0 heterocycles. The number of rotatable bonds is 4. The van der Waals surface area contributed by atoms with E-state index in [1.807, 2.05) is 0 Å². The van der Waals surface area contributed by atoms with Crippen LogP contribution in [0.2, 0.25) is 0 Å². The van der Waals surface area contributed by atoms with E-state index < -0.39 is 11.7 Å². The lowest BCUT2D eigenvalue weighted by atomic mass is 10.1. The summed E-state index contributed by atoms with van der Waals surface area (Å²) in [5.41, 5.74) is 1.10. The summed E-state index contributed by atoms with van der Waals surface area (Å²) in [6, 6.07) is 10.3. The Balaban J connectivity index is 2.20. The van der Waals surface area contributed by atoms with Crippen molar-refractivity contribution in [3.05, 3.63) is 59.4 Å². The molecule has 0 fully saturated rings. The number of nitrogens with one attached hydrogen (secondary N) is 2. The molecule has 2 amide bonds. The van der Waals surface area contributed by atoms with E-state index in [-0.39, 0.29) is 11.7 Å². The van der Waals surface area contributed by atoms with Crippen molar-refractivity contribution in [3.8, 4) is 5.75 Å². The summed E-state index contributed by atoms with van der Waals surface area (Å²) in [6.45, 7) is 0. The molecule has 0 saturated heterocycles. The zero-order valence-corrected chi connectivity index (χ0v) is 12.1. The highest BCUT2D eigenvalue weighted by molar-refractivity contribution is 6.06. The van der Waals surface area contributed by atoms with Crippen LogP contribution in [0.1, 0.15) is 20.7 Å². The van der Waals surface area contributed by atoms with Crippen molar-refractivity contribution in [1.29, 1.82) is 0 Å². The predicted molar refractivity (Wildman–Crippen MR) is 80.7 cm³/mol. The van der Waals surface area contributed by atoms with Gasteiger partial charge in [-0.2, -0.15) is 0 Å². The number of carbonyl (C=O) groups excluding carboxylic acids is 2. The van der Waals surface area contributed by atoms with E-state index >= 15 is 0 Å². The van der Waals surface area contributed by atoms with Crippen molar-refractivity contribution in [3.63, 3.8) is 0 Å². The van der Waals surface area contributed by atoms with Gasteiger partial charge in [-0.25, -0.2) is 4.39 Å². The summed E-state index contributed by atoms with van der Waals surface area (Å²) in [7, 11) is 2.86. The predicted octanol–water partition coefficient (Wildman–Crippen LogP) is 2.45. The van der Waals surface area contributed by atoms with Gasteiger partial charge in [-0.15, -0.1) is 0 Å². The van der Waals surface area contributed by atoms with Gasteiger partial charge in [-0.3, -0.25) is 9.59 Å². The third-order valence-electron chi connectivity index (χ3n) is 3.02. The van der Waals surface area contributed by atoms with E-state index in [0.717, 1.165) is 0 Å². The fraction of sp³-hybridized carbons (Fsp3) is 0.125. The summed E-state index contributed by atoms with van der Waals surface area (Å²) in [5.74, 6) is -1.16. The molecular weight excluding hydrogens is 287 g/mol. The van der Waals surface area contributed by atoms with Crippen molar-refractivity contribution in [1.82, 2.24) is 5.32 Å². The molecule has 0 aliphatic carbocycles. The van der Waals surface area contributed by atoms with Crippen LogP contribution in [0.4, 0.5) is 10.1 Å². The van der Waals surface area contributed by atoms with Crippen LogP contribution < -0.4 is 15.4 Å². The van der Waals surface area contributed by atoms with E-state index in [9.17, 15) is 14.0 Å². The van der Waals surface area contributed by atoms with Crippen molar-refractivity contribution in [2.24, 2.45) is 0 Å². The molecule has 0 aromatic heterocycles. The lowest BCUT2D eigenvalue weighted by molar-refractivity contribution is 0.0963. The Hall–Kier alpha value is -2.89. The van der Waals surface area contributed by atoms with Gasteiger partial charge in [0.2, 0.25) is 0 Å². The first-order chi connectivity index (χ1) is 10.5. The normalized spacial score (nSPS) is 9.95. The van der Waals surface area contributed by atoms with Gasteiger partial charge in [0.05, 0.1) is 7.11 Å². The molecule has 2 aromatic carbocycles. The maximum Gasteiger partial charge on any atom is 0.255 e. The Morgan fingerprint density at radius 1 is 1.05 bits per heavy atom. The number of hydrogen-bond donors (Lipinski definition) is 2. The lowest BCUT2D eigenvalue weighted by Crippen LogP contribution is -2.19. The number of halogens is 1. The minimum Gasteiger partial charge on any atom is -0.494 e. The van der Waals surface area contributed by atoms with Crippen molar-refractivity contribution in [2.75, 3.05) is 19.5 Å². The molecule has 5 nitrogen and oxygen atoms in total. The van der Waals surface area contributed by atoms with Gasteiger partial charge in [0.15, 0.2) is 11.6 Å². The summed E-state index contributed by atoms with van der Waals surface area (Å²) < 4.78 is 18.2. The van der Waals surface area contributed by atoms with Gasteiger partial charge in [0.1, 0.15) is 0 Å². The summed E-state index contributed by atoms with van der Waals surface area (Å²) in [6.07, 6.45) is 0. The maximum atomic E-state index is 13.3. The number of hydrogen-bond acceptors (Lipinski definition) is 3. The maximum absolute atomic E-state index is 13.3. The molecule has 6 heteroatoms. The quantitative estimate of drug-likeness (QED) is 0.911. The fourth-order valence-electron chi connectivity index (χ4n) is 1.89. The van der Waals surface area contributed by atoms with Crippen LogP contribution in [0.5, 0.6) is 5.75 Å². The van der Waals surface area contributed by atoms with E-state index in [1.165, 1.54) is 38.4 Å². The third-order valence-corrected chi connectivity index (χ3v) is 3.02. The molecule has 0 aliphatic heterocycles. The van der Waals surface area contributed by atoms with Gasteiger partial charge >= 0.3 is 0 Å². The highest BCUT2D eigenvalue weighted by Gasteiger charge is 2.11. The molecule has 114 valence electrons. The zero-order chi connectivity index (χ0) is 16.1. The van der Waals surface area contributed by atoms with Gasteiger partial charge < -0.3 is 15.4 Å². The van der Waals surface area contributed by atoms with Crippen LogP contribution in [-0.4, -0.2) is 26.0 Å². The molecule has 2 rings (SSSR count). The topological polar surface area (TPSA) is 67.4 Å². The van der Waals surface area contributed by atoms with Crippen LogP contribution in [0.15, 0.2) is 42.5 Å². The molecule has 0 atom stereocenters. The molecule has 2 N–H and O–H groups in total. The fourth-order valence-corrected chi connectivity index (χ4v) is 1.89. The molecule has 2 aromatic rings. The summed E-state index contributed by atoms with van der Waals surface area (Å²) >= 11 is 0. The first kappa shape index (κ1) is 15.5. The van der Waals surface area contributed by atoms with Gasteiger partial charge in [-0.05, 0) is 30.3 Å². The van der Waals surface area contributed by atoms with Gasteiger partial charge in [-0.1, -0.05) is 6.07 Å². The number of anilines is 1. The lowest BCUT2D eigenvalue weighted by Gasteiger charge is -2.08. The van der Waals surface area contributed by atoms with Crippen LogP contribution in [0.3, 0.4) is 0 Å². The monoisotopic (exact) mass is 302 g/mol. The molecule has 0 unspecified atom stereocenters. The first-order valence-electron chi connectivity index (χ1n) is 6.52. The average Bonchev–Trinajstić information content (AvgIpc) is 2.55. The van der Waals surface area contributed by atoms with Gasteiger partial charge in [0.25, 0.3) is 11.8 Å². The van der Waals surface area contributed by atoms with Crippen molar-refractivity contribution < 1.29 is 18.7 Å². The summed E-state index contributed by atoms with van der Waals surface area (Å²) in [4.78, 5) is 23.8. The molecule has 0 aliphatic rings. The highest BCUT2D eigenvalue weighted by atomic mass is 19.1. The smallest absolute Gasteiger partial charge is 0.255 e. The average molecular weight is 302 g/mol. The highest BCUT2D eigenvalue weighted by Crippen LogP contribution is 2.22. The van der Waals surface area contributed by atoms with Gasteiger partial charge in [0, 0.05) is 29.9 Å². The van der Waals surface area contributed by atoms with Crippen LogP contribution in [0.25, 0.3) is 0 Å². The Morgan fingerprint density at radius 2 is 1.73 bits per heavy atom. The standard InChI is InChI=1S/C16H15FN2O3/c1-18-15(20)10-4-3-5-11(8-10)16(21)19-12-6-7-13(17)14(9-12)22-2/h3-9H,1-2H3,(H,18,20)(H,19,21). The van der Waals surface area contributed by atoms with E-state index in [1.54, 1.807) is 18.2 Å². The molecule has 22 heavy (non-hydrogen) atoms. The van der Waals surface area contributed by atoms with E-state index in [0.29, 0.717) is 16.8 Å². The summed E-state index contributed by atoms with van der Waals surface area (Å²) in [5, 5.41) is 5.12.